The van der Waals surface area contributed by atoms with Gasteiger partial charge >= 0.3 is 0 Å². The van der Waals surface area contributed by atoms with Gasteiger partial charge in [-0.3, -0.25) is 4.79 Å². The summed E-state index contributed by atoms with van der Waals surface area (Å²) >= 11 is 0. The van der Waals surface area contributed by atoms with Crippen LogP contribution in [0.1, 0.15) is 44.9 Å². The standard InChI is InChI=1S/C20H33N5O/c1-24-19(26)12-18(14-23-24)25-11-4-16(15-25)13-22-17-2-5-20(6-3-17)7-9-21-10-8-20/h12,14,16-17,21-22H,2-11,13,15H2,1H3/t16-/m1/s1. The average molecular weight is 360 g/mol. The lowest BCUT2D eigenvalue weighted by atomic mass is 9.67. The van der Waals surface area contributed by atoms with E-state index in [4.69, 9.17) is 0 Å². The quantitative estimate of drug-likeness (QED) is 0.853. The topological polar surface area (TPSA) is 62.2 Å². The Kier molecular flexibility index (Phi) is 5.32. The number of aryl methyl sites for hydroxylation is 1. The molecule has 2 N–H and O–H groups in total. The van der Waals surface area contributed by atoms with Gasteiger partial charge in [-0.15, -0.1) is 0 Å². The second-order valence-electron chi connectivity index (χ2n) is 8.71. The molecule has 1 spiro atoms. The van der Waals surface area contributed by atoms with Gasteiger partial charge in [0.2, 0.25) is 0 Å². The van der Waals surface area contributed by atoms with Crippen molar-refractivity contribution in [1.29, 1.82) is 0 Å². The van der Waals surface area contributed by atoms with Crippen LogP contribution in [-0.4, -0.2) is 48.5 Å². The van der Waals surface area contributed by atoms with Crippen molar-refractivity contribution in [2.24, 2.45) is 18.4 Å². The highest BCUT2D eigenvalue weighted by Gasteiger charge is 2.36. The fraction of sp³-hybridized carbons (Fsp3) is 0.800. The van der Waals surface area contributed by atoms with Gasteiger partial charge in [-0.05, 0) is 75.9 Å². The minimum atomic E-state index is -0.0295. The SMILES string of the molecule is Cn1ncc(N2CC[C@H](CNC3CCC4(CCNCC4)CC3)C2)cc1=O. The van der Waals surface area contributed by atoms with Crippen LogP contribution in [0.25, 0.3) is 0 Å². The van der Waals surface area contributed by atoms with Crippen LogP contribution in [0.3, 0.4) is 0 Å². The maximum atomic E-state index is 11.8. The van der Waals surface area contributed by atoms with Gasteiger partial charge in [0.15, 0.2) is 0 Å². The molecule has 1 atom stereocenters. The molecule has 3 fully saturated rings. The van der Waals surface area contributed by atoms with Crippen molar-refractivity contribution in [3.63, 3.8) is 0 Å². The van der Waals surface area contributed by atoms with Gasteiger partial charge in [0, 0.05) is 32.2 Å². The van der Waals surface area contributed by atoms with Gasteiger partial charge in [0.05, 0.1) is 11.9 Å². The normalized spacial score (nSPS) is 26.5. The molecule has 0 unspecified atom stereocenters. The first-order valence-corrected chi connectivity index (χ1v) is 10.4. The molecule has 2 saturated heterocycles. The number of hydrogen-bond acceptors (Lipinski definition) is 5. The zero-order chi connectivity index (χ0) is 18.0. The molecule has 0 bridgehead atoms. The van der Waals surface area contributed by atoms with Crippen molar-refractivity contribution in [1.82, 2.24) is 20.4 Å². The molecule has 1 aliphatic carbocycles. The van der Waals surface area contributed by atoms with Gasteiger partial charge in [-0.25, -0.2) is 4.68 Å². The van der Waals surface area contributed by atoms with Gasteiger partial charge < -0.3 is 15.5 Å². The zero-order valence-corrected chi connectivity index (χ0v) is 16.0. The van der Waals surface area contributed by atoms with Gasteiger partial charge in [0.25, 0.3) is 5.56 Å². The number of anilines is 1. The second-order valence-corrected chi connectivity index (χ2v) is 8.71. The maximum absolute atomic E-state index is 11.8. The van der Waals surface area contributed by atoms with E-state index in [2.05, 4.69) is 20.6 Å². The Labute approximate surface area is 156 Å². The van der Waals surface area contributed by atoms with E-state index in [1.54, 1.807) is 13.1 Å². The summed E-state index contributed by atoms with van der Waals surface area (Å²) in [7, 11) is 1.70. The zero-order valence-electron chi connectivity index (χ0n) is 16.0. The van der Waals surface area contributed by atoms with Crippen LogP contribution < -0.4 is 21.1 Å². The van der Waals surface area contributed by atoms with Crippen LogP contribution in [0.15, 0.2) is 17.1 Å². The van der Waals surface area contributed by atoms with Crippen LogP contribution in [0.5, 0.6) is 0 Å². The molecule has 3 heterocycles. The van der Waals surface area contributed by atoms with Gasteiger partial charge in [-0.1, -0.05) is 0 Å². The molecule has 0 amide bonds. The Morgan fingerprint density at radius 1 is 1.23 bits per heavy atom. The Morgan fingerprint density at radius 3 is 2.73 bits per heavy atom. The predicted molar refractivity (Wildman–Crippen MR) is 105 cm³/mol. The van der Waals surface area contributed by atoms with Crippen LogP contribution in [0.4, 0.5) is 5.69 Å². The summed E-state index contributed by atoms with van der Waals surface area (Å²) in [5.41, 5.74) is 1.60. The molecule has 6 nitrogen and oxygen atoms in total. The van der Waals surface area contributed by atoms with E-state index in [1.165, 1.54) is 62.7 Å². The average Bonchev–Trinajstić information content (AvgIpc) is 3.13. The molecule has 2 aliphatic heterocycles. The van der Waals surface area contributed by atoms with Crippen LogP contribution in [0, 0.1) is 11.3 Å². The number of nitrogens with one attached hydrogen (secondary N) is 2. The molecule has 1 aromatic heterocycles. The third-order valence-electron chi connectivity index (χ3n) is 7.01. The Morgan fingerprint density at radius 2 is 2.00 bits per heavy atom. The summed E-state index contributed by atoms with van der Waals surface area (Å²) in [5.74, 6) is 0.675. The highest BCUT2D eigenvalue weighted by molar-refractivity contribution is 5.44. The number of nitrogens with zero attached hydrogens (tertiary/aromatic N) is 3. The highest BCUT2D eigenvalue weighted by atomic mass is 16.1. The highest BCUT2D eigenvalue weighted by Crippen LogP contribution is 2.43. The largest absolute Gasteiger partial charge is 0.370 e. The molecule has 0 radical (unpaired) electrons. The van der Waals surface area contributed by atoms with Crippen LogP contribution >= 0.6 is 0 Å². The summed E-state index contributed by atoms with van der Waals surface area (Å²) in [4.78, 5) is 14.1. The van der Waals surface area contributed by atoms with Crippen LogP contribution in [0.2, 0.25) is 0 Å². The molecule has 26 heavy (non-hydrogen) atoms. The fourth-order valence-corrected chi connectivity index (χ4v) is 5.09. The molecular formula is C20H33N5O. The van der Waals surface area contributed by atoms with Crippen molar-refractivity contribution < 1.29 is 0 Å². The van der Waals surface area contributed by atoms with Crippen molar-refractivity contribution in [3.05, 3.63) is 22.6 Å². The summed E-state index contributed by atoms with van der Waals surface area (Å²) in [6, 6.07) is 2.41. The summed E-state index contributed by atoms with van der Waals surface area (Å²) in [6.07, 6.45) is 11.3. The van der Waals surface area contributed by atoms with Crippen LogP contribution in [-0.2, 0) is 7.05 Å². The molecule has 3 aliphatic rings. The van der Waals surface area contributed by atoms with E-state index >= 15 is 0 Å². The summed E-state index contributed by atoms with van der Waals surface area (Å²) in [5, 5.41) is 11.5. The number of piperidine rings is 1. The van der Waals surface area contributed by atoms with Gasteiger partial charge in [-0.2, -0.15) is 5.10 Å². The van der Waals surface area contributed by atoms with Crippen molar-refractivity contribution >= 4 is 5.69 Å². The van der Waals surface area contributed by atoms with Crippen molar-refractivity contribution in [2.45, 2.75) is 51.0 Å². The van der Waals surface area contributed by atoms with E-state index in [-0.39, 0.29) is 5.56 Å². The lowest BCUT2D eigenvalue weighted by Crippen LogP contribution is -2.44. The monoisotopic (exact) mass is 359 g/mol. The first-order chi connectivity index (χ1) is 12.6. The lowest BCUT2D eigenvalue weighted by molar-refractivity contribution is 0.115. The Hall–Kier alpha value is -1.40. The van der Waals surface area contributed by atoms with E-state index in [9.17, 15) is 4.79 Å². The lowest BCUT2D eigenvalue weighted by Gasteiger charge is -2.43. The molecule has 0 aromatic carbocycles. The molecular weight excluding hydrogens is 326 g/mol. The van der Waals surface area contributed by atoms with E-state index in [1.807, 2.05) is 6.20 Å². The van der Waals surface area contributed by atoms with E-state index in [0.29, 0.717) is 17.4 Å². The predicted octanol–water partition coefficient (Wildman–Crippen LogP) is 1.51. The Bertz CT molecular complexity index is 656. The Balaban J connectivity index is 1.22. The molecule has 6 heteroatoms. The molecule has 144 valence electrons. The fourth-order valence-electron chi connectivity index (χ4n) is 5.09. The third kappa shape index (κ3) is 3.96. The smallest absolute Gasteiger partial charge is 0.268 e. The summed E-state index contributed by atoms with van der Waals surface area (Å²) < 4.78 is 1.39. The maximum Gasteiger partial charge on any atom is 0.268 e. The minimum Gasteiger partial charge on any atom is -0.370 e. The minimum absolute atomic E-state index is 0.0295. The molecule has 4 rings (SSSR count). The number of rotatable bonds is 4. The number of aromatic nitrogens is 2. The summed E-state index contributed by atoms with van der Waals surface area (Å²) in [6.45, 7) is 5.60. The third-order valence-corrected chi connectivity index (χ3v) is 7.01. The van der Waals surface area contributed by atoms with Crippen molar-refractivity contribution in [2.75, 3.05) is 37.6 Å². The first kappa shape index (κ1) is 18.0. The van der Waals surface area contributed by atoms with E-state index in [0.717, 1.165) is 25.3 Å². The van der Waals surface area contributed by atoms with Gasteiger partial charge in [0.1, 0.15) is 0 Å². The first-order valence-electron chi connectivity index (χ1n) is 10.4. The molecule has 1 saturated carbocycles. The van der Waals surface area contributed by atoms with Crippen molar-refractivity contribution in [3.8, 4) is 0 Å². The molecule has 1 aromatic rings. The number of hydrogen-bond donors (Lipinski definition) is 2. The van der Waals surface area contributed by atoms with E-state index < -0.39 is 0 Å². The second kappa shape index (κ2) is 7.69.